The normalized spacial score (nSPS) is 24.0. The summed E-state index contributed by atoms with van der Waals surface area (Å²) in [5, 5.41) is 20.5. The van der Waals surface area contributed by atoms with Gasteiger partial charge in [-0.1, -0.05) is 45.1 Å². The fourth-order valence-corrected chi connectivity index (χ4v) is 3.44. The summed E-state index contributed by atoms with van der Waals surface area (Å²) < 4.78 is 11.2. The molecule has 0 aliphatic carbocycles. The van der Waals surface area contributed by atoms with Gasteiger partial charge in [0, 0.05) is 12.8 Å². The van der Waals surface area contributed by atoms with Crippen LogP contribution in [-0.2, 0) is 4.74 Å². The summed E-state index contributed by atoms with van der Waals surface area (Å²) in [5.74, 6) is -0.445. The van der Waals surface area contributed by atoms with Crippen molar-refractivity contribution in [3.8, 4) is 11.5 Å². The molecule has 0 radical (unpaired) electrons. The fraction of sp³-hybridized carbons (Fsp3) is 0.700. The molecule has 1 saturated heterocycles. The van der Waals surface area contributed by atoms with Crippen LogP contribution in [0.25, 0.3) is 0 Å². The maximum absolute atomic E-state index is 10.8. The van der Waals surface area contributed by atoms with Crippen LogP contribution in [0.15, 0.2) is 18.2 Å². The van der Waals surface area contributed by atoms with Gasteiger partial charge in [-0.15, -0.1) is 0 Å². The van der Waals surface area contributed by atoms with E-state index in [1.165, 1.54) is 32.8 Å². The number of methoxy groups -OCH3 is 1. The van der Waals surface area contributed by atoms with E-state index in [1.54, 1.807) is 12.1 Å². The van der Waals surface area contributed by atoms with E-state index in [-0.39, 0.29) is 11.9 Å². The minimum atomic E-state index is -1.02. The standard InChI is InChI=1S/C20H32O4/c1-3-4-5-6-7-8-13-20(22)14-9-10-18(24-20)16-11-12-17(21)19(15-16)23-2/h11-12,15,18,21-22H,3-10,13-14H2,1-2H3/t18-,20-/m1/s1. The monoisotopic (exact) mass is 336 g/mol. The largest absolute Gasteiger partial charge is 0.504 e. The van der Waals surface area contributed by atoms with E-state index >= 15 is 0 Å². The molecule has 1 heterocycles. The van der Waals surface area contributed by atoms with Crippen molar-refractivity contribution in [3.63, 3.8) is 0 Å². The van der Waals surface area contributed by atoms with E-state index in [0.717, 1.165) is 31.2 Å². The minimum absolute atomic E-state index is 0.124. The van der Waals surface area contributed by atoms with Crippen molar-refractivity contribution in [1.29, 1.82) is 0 Å². The third kappa shape index (κ3) is 5.38. The smallest absolute Gasteiger partial charge is 0.166 e. The molecule has 0 bridgehead atoms. The van der Waals surface area contributed by atoms with Gasteiger partial charge in [-0.2, -0.15) is 0 Å². The second-order valence-electron chi connectivity index (χ2n) is 6.89. The lowest BCUT2D eigenvalue weighted by molar-refractivity contribution is -0.259. The minimum Gasteiger partial charge on any atom is -0.504 e. The molecule has 24 heavy (non-hydrogen) atoms. The van der Waals surface area contributed by atoms with E-state index in [0.29, 0.717) is 18.6 Å². The Labute approximate surface area is 145 Å². The van der Waals surface area contributed by atoms with Crippen LogP contribution in [0.5, 0.6) is 11.5 Å². The van der Waals surface area contributed by atoms with E-state index in [4.69, 9.17) is 9.47 Å². The number of rotatable bonds is 9. The summed E-state index contributed by atoms with van der Waals surface area (Å²) in [6.07, 6.45) is 10.3. The predicted molar refractivity (Wildman–Crippen MR) is 95.3 cm³/mol. The van der Waals surface area contributed by atoms with Gasteiger partial charge in [-0.25, -0.2) is 0 Å². The molecule has 0 saturated carbocycles. The molecule has 1 aliphatic rings. The number of phenolic OH excluding ortho intramolecular Hbond substituents is 1. The summed E-state index contributed by atoms with van der Waals surface area (Å²) in [6, 6.07) is 5.27. The molecule has 4 nitrogen and oxygen atoms in total. The highest BCUT2D eigenvalue weighted by Gasteiger charge is 2.35. The molecular weight excluding hydrogens is 304 g/mol. The molecule has 2 N–H and O–H groups in total. The number of aromatic hydroxyl groups is 1. The Morgan fingerprint density at radius 1 is 1.21 bits per heavy atom. The Hall–Kier alpha value is -1.26. The quantitative estimate of drug-likeness (QED) is 0.617. The molecule has 136 valence electrons. The number of unbranched alkanes of at least 4 members (excludes halogenated alkanes) is 5. The molecule has 1 aliphatic heterocycles. The first kappa shape index (κ1) is 19.1. The molecule has 0 unspecified atom stereocenters. The second kappa shape index (κ2) is 9.28. The molecule has 1 fully saturated rings. The highest BCUT2D eigenvalue weighted by molar-refractivity contribution is 5.42. The van der Waals surface area contributed by atoms with Crippen LogP contribution in [0, 0.1) is 0 Å². The number of ether oxygens (including phenoxy) is 2. The van der Waals surface area contributed by atoms with Crippen LogP contribution in [0.2, 0.25) is 0 Å². The Balaban J connectivity index is 1.88. The van der Waals surface area contributed by atoms with Gasteiger partial charge >= 0.3 is 0 Å². The number of hydrogen-bond acceptors (Lipinski definition) is 4. The maximum atomic E-state index is 10.8. The van der Waals surface area contributed by atoms with Gasteiger partial charge in [-0.3, -0.25) is 0 Å². The van der Waals surface area contributed by atoms with E-state index in [2.05, 4.69) is 6.92 Å². The van der Waals surface area contributed by atoms with Crippen molar-refractivity contribution in [3.05, 3.63) is 23.8 Å². The molecule has 2 atom stereocenters. The molecule has 0 aromatic heterocycles. The molecule has 1 aromatic carbocycles. The van der Waals surface area contributed by atoms with Crippen LogP contribution in [0.1, 0.15) is 82.8 Å². The van der Waals surface area contributed by atoms with Crippen LogP contribution in [0.3, 0.4) is 0 Å². The van der Waals surface area contributed by atoms with E-state index in [9.17, 15) is 10.2 Å². The third-order valence-corrected chi connectivity index (χ3v) is 4.89. The summed E-state index contributed by atoms with van der Waals surface area (Å²) in [4.78, 5) is 0. The molecule has 2 rings (SSSR count). The van der Waals surface area contributed by atoms with Crippen molar-refractivity contribution in [2.24, 2.45) is 0 Å². The highest BCUT2D eigenvalue weighted by atomic mass is 16.6. The second-order valence-corrected chi connectivity index (χ2v) is 6.89. The Kier molecular flexibility index (Phi) is 7.38. The third-order valence-electron chi connectivity index (χ3n) is 4.89. The van der Waals surface area contributed by atoms with Crippen molar-refractivity contribution in [2.75, 3.05) is 7.11 Å². The molecular formula is C20H32O4. The fourth-order valence-electron chi connectivity index (χ4n) is 3.44. The lowest BCUT2D eigenvalue weighted by Gasteiger charge is -2.37. The summed E-state index contributed by atoms with van der Waals surface area (Å²) in [5.41, 5.74) is 0.950. The number of phenols is 1. The highest BCUT2D eigenvalue weighted by Crippen LogP contribution is 2.40. The van der Waals surface area contributed by atoms with Crippen LogP contribution < -0.4 is 4.74 Å². The average molecular weight is 336 g/mol. The molecule has 4 heteroatoms. The summed E-state index contributed by atoms with van der Waals surface area (Å²) in [7, 11) is 1.54. The van der Waals surface area contributed by atoms with Crippen molar-refractivity contribution < 1.29 is 19.7 Å². The zero-order valence-electron chi connectivity index (χ0n) is 15.1. The average Bonchev–Trinajstić information content (AvgIpc) is 2.58. The van der Waals surface area contributed by atoms with Gasteiger partial charge in [-0.05, 0) is 37.0 Å². The number of hydrogen-bond donors (Lipinski definition) is 2. The molecule has 0 amide bonds. The van der Waals surface area contributed by atoms with Crippen molar-refractivity contribution in [1.82, 2.24) is 0 Å². The van der Waals surface area contributed by atoms with Crippen LogP contribution >= 0.6 is 0 Å². The van der Waals surface area contributed by atoms with Gasteiger partial charge in [0.2, 0.25) is 0 Å². The summed E-state index contributed by atoms with van der Waals surface area (Å²) in [6.45, 7) is 2.22. The summed E-state index contributed by atoms with van der Waals surface area (Å²) >= 11 is 0. The van der Waals surface area contributed by atoms with Gasteiger partial charge in [0.05, 0.1) is 13.2 Å². The van der Waals surface area contributed by atoms with Crippen molar-refractivity contribution >= 4 is 0 Å². The Bertz CT molecular complexity index is 502. The van der Waals surface area contributed by atoms with E-state index < -0.39 is 5.79 Å². The van der Waals surface area contributed by atoms with Crippen LogP contribution in [0.4, 0.5) is 0 Å². The first-order chi connectivity index (χ1) is 11.6. The number of benzene rings is 1. The lowest BCUT2D eigenvalue weighted by Crippen LogP contribution is -2.37. The zero-order chi connectivity index (χ0) is 17.4. The van der Waals surface area contributed by atoms with Gasteiger partial charge < -0.3 is 19.7 Å². The lowest BCUT2D eigenvalue weighted by atomic mass is 9.93. The zero-order valence-corrected chi connectivity index (χ0v) is 15.1. The van der Waals surface area contributed by atoms with Crippen LogP contribution in [-0.4, -0.2) is 23.1 Å². The molecule has 0 spiro atoms. The van der Waals surface area contributed by atoms with Gasteiger partial charge in [0.1, 0.15) is 0 Å². The first-order valence-electron chi connectivity index (χ1n) is 9.35. The predicted octanol–water partition coefficient (Wildman–Crippen LogP) is 5.08. The van der Waals surface area contributed by atoms with E-state index in [1.807, 2.05) is 6.07 Å². The van der Waals surface area contributed by atoms with Crippen molar-refractivity contribution in [2.45, 2.75) is 83.0 Å². The Morgan fingerprint density at radius 2 is 1.96 bits per heavy atom. The van der Waals surface area contributed by atoms with Gasteiger partial charge in [0.25, 0.3) is 0 Å². The number of aliphatic hydroxyl groups is 1. The first-order valence-corrected chi connectivity index (χ1v) is 9.35. The molecule has 1 aromatic rings. The van der Waals surface area contributed by atoms with Gasteiger partial charge in [0.15, 0.2) is 17.3 Å². The Morgan fingerprint density at radius 3 is 2.71 bits per heavy atom. The SMILES string of the molecule is CCCCCCCC[C@]1(O)CCC[C@H](c2ccc(O)c(OC)c2)O1. The topological polar surface area (TPSA) is 58.9 Å². The maximum Gasteiger partial charge on any atom is 0.166 e.